The van der Waals surface area contributed by atoms with E-state index >= 15 is 0 Å². The van der Waals surface area contributed by atoms with Crippen molar-refractivity contribution in [2.75, 3.05) is 39.4 Å². The number of aryl methyl sites for hydroxylation is 1. The first-order valence-electron chi connectivity index (χ1n) is 9.71. The number of ether oxygens (including phenoxy) is 1. The van der Waals surface area contributed by atoms with Gasteiger partial charge in [0.25, 0.3) is 0 Å². The van der Waals surface area contributed by atoms with Gasteiger partial charge < -0.3 is 4.74 Å². The maximum atomic E-state index is 12.9. The van der Waals surface area contributed by atoms with Crippen molar-refractivity contribution in [2.24, 2.45) is 10.8 Å². The largest absolute Gasteiger partial charge is 0.433 e. The van der Waals surface area contributed by atoms with Crippen molar-refractivity contribution in [3.63, 3.8) is 0 Å². The zero-order valence-electron chi connectivity index (χ0n) is 16.8. The molecule has 3 saturated heterocycles. The Morgan fingerprint density at radius 2 is 1.83 bits per heavy atom. The number of rotatable bonds is 3. The van der Waals surface area contributed by atoms with Crippen LogP contribution in [0.4, 0.5) is 13.2 Å². The highest BCUT2D eigenvalue weighted by molar-refractivity contribution is 7.89. The summed E-state index contributed by atoms with van der Waals surface area (Å²) >= 11 is 0. The van der Waals surface area contributed by atoms with Crippen LogP contribution in [0.3, 0.4) is 0 Å². The summed E-state index contributed by atoms with van der Waals surface area (Å²) in [6.45, 7) is 9.65. The molecule has 3 aliphatic heterocycles. The van der Waals surface area contributed by atoms with E-state index in [0.29, 0.717) is 19.1 Å². The van der Waals surface area contributed by atoms with Gasteiger partial charge in [-0.3, -0.25) is 4.90 Å². The predicted molar refractivity (Wildman–Crippen MR) is 99.7 cm³/mol. The molecule has 3 aliphatic rings. The van der Waals surface area contributed by atoms with Gasteiger partial charge in [0.05, 0.1) is 12.3 Å². The van der Waals surface area contributed by atoms with Crippen LogP contribution in [0.2, 0.25) is 0 Å². The number of sulfonamides is 1. The van der Waals surface area contributed by atoms with E-state index in [1.165, 1.54) is 11.2 Å². The fourth-order valence-electron chi connectivity index (χ4n) is 4.92. The molecule has 1 aromatic heterocycles. The van der Waals surface area contributed by atoms with Gasteiger partial charge in [-0.1, -0.05) is 13.8 Å². The number of likely N-dealkylation sites (tertiary alicyclic amines) is 1. The first-order chi connectivity index (χ1) is 13.3. The van der Waals surface area contributed by atoms with Crippen molar-refractivity contribution in [1.82, 2.24) is 14.2 Å². The number of halogens is 3. The molecule has 10 heteroatoms. The van der Waals surface area contributed by atoms with Crippen LogP contribution in [0.15, 0.2) is 17.0 Å². The molecule has 0 saturated carbocycles. The SMILES string of the molecule is Cc1nc(C(F)(F)F)ccc1S(=O)(=O)N1CC2(CN(C3CCOCC3(C)C)C2)C1. The molecule has 0 aliphatic carbocycles. The normalized spacial score (nSPS) is 27.4. The Balaban J connectivity index is 1.41. The van der Waals surface area contributed by atoms with E-state index in [-0.39, 0.29) is 21.4 Å². The average Bonchev–Trinajstić information content (AvgIpc) is 2.52. The van der Waals surface area contributed by atoms with Gasteiger partial charge in [-0.05, 0) is 25.5 Å². The minimum Gasteiger partial charge on any atom is -0.381 e. The lowest BCUT2D eigenvalue weighted by Gasteiger charge is -2.63. The molecular formula is C19H26F3N3O3S. The molecule has 162 valence electrons. The number of pyridine rings is 1. The molecule has 29 heavy (non-hydrogen) atoms. The fourth-order valence-corrected chi connectivity index (χ4v) is 6.74. The highest BCUT2D eigenvalue weighted by Gasteiger charge is 2.58. The summed E-state index contributed by atoms with van der Waals surface area (Å²) in [6, 6.07) is 2.17. The van der Waals surface area contributed by atoms with Crippen molar-refractivity contribution in [3.05, 3.63) is 23.5 Å². The Morgan fingerprint density at radius 1 is 1.17 bits per heavy atom. The van der Waals surface area contributed by atoms with Gasteiger partial charge in [0, 0.05) is 49.7 Å². The van der Waals surface area contributed by atoms with Gasteiger partial charge in [0.15, 0.2) is 0 Å². The quantitative estimate of drug-likeness (QED) is 0.733. The first kappa shape index (κ1) is 21.0. The predicted octanol–water partition coefficient (Wildman–Crippen LogP) is 2.53. The molecule has 1 aromatic rings. The molecule has 3 fully saturated rings. The summed E-state index contributed by atoms with van der Waals surface area (Å²) in [5, 5.41) is 0. The molecule has 1 spiro atoms. The van der Waals surface area contributed by atoms with Crippen molar-refractivity contribution >= 4 is 10.0 Å². The second-order valence-corrected chi connectivity index (χ2v) is 11.2. The lowest BCUT2D eigenvalue weighted by atomic mass is 9.70. The molecule has 0 aromatic carbocycles. The summed E-state index contributed by atoms with van der Waals surface area (Å²) in [6.07, 6.45) is -3.62. The molecule has 1 unspecified atom stereocenters. The van der Waals surface area contributed by atoms with Gasteiger partial charge in [0.1, 0.15) is 10.6 Å². The summed E-state index contributed by atoms with van der Waals surface area (Å²) in [5.41, 5.74) is -1.18. The van der Waals surface area contributed by atoms with Gasteiger partial charge >= 0.3 is 6.18 Å². The summed E-state index contributed by atoms with van der Waals surface area (Å²) in [4.78, 5) is 5.72. The highest BCUT2D eigenvalue weighted by Crippen LogP contribution is 2.46. The molecule has 0 amide bonds. The molecule has 0 bridgehead atoms. The zero-order chi connectivity index (χ0) is 21.2. The van der Waals surface area contributed by atoms with E-state index < -0.39 is 21.9 Å². The zero-order valence-corrected chi connectivity index (χ0v) is 17.6. The third-order valence-electron chi connectivity index (χ3n) is 6.40. The molecule has 0 N–H and O–H groups in total. The number of nitrogens with zero attached hydrogens (tertiary/aromatic N) is 3. The molecule has 1 atom stereocenters. The summed E-state index contributed by atoms with van der Waals surface area (Å²) < 4.78 is 71.1. The number of alkyl halides is 3. The minimum atomic E-state index is -4.60. The van der Waals surface area contributed by atoms with Crippen molar-refractivity contribution in [2.45, 2.75) is 44.3 Å². The van der Waals surface area contributed by atoms with Gasteiger partial charge in [-0.2, -0.15) is 17.5 Å². The second kappa shape index (κ2) is 6.63. The molecule has 4 rings (SSSR count). The van der Waals surface area contributed by atoms with Gasteiger partial charge in [0.2, 0.25) is 10.0 Å². The lowest BCUT2D eigenvalue weighted by molar-refractivity contribution is -0.150. The molecule has 4 heterocycles. The van der Waals surface area contributed by atoms with Gasteiger partial charge in [-0.15, -0.1) is 0 Å². The molecular weight excluding hydrogens is 407 g/mol. The monoisotopic (exact) mass is 433 g/mol. The van der Waals surface area contributed by atoms with Crippen LogP contribution in [0.25, 0.3) is 0 Å². The van der Waals surface area contributed by atoms with E-state index in [1.807, 2.05) is 0 Å². The minimum absolute atomic E-state index is 0.0469. The topological polar surface area (TPSA) is 62.7 Å². The van der Waals surface area contributed by atoms with Crippen LogP contribution in [0.1, 0.15) is 31.7 Å². The van der Waals surface area contributed by atoms with Crippen molar-refractivity contribution in [3.8, 4) is 0 Å². The van der Waals surface area contributed by atoms with Crippen LogP contribution in [0, 0.1) is 17.8 Å². The Kier molecular flexibility index (Phi) is 4.81. The smallest absolute Gasteiger partial charge is 0.381 e. The Labute approximate surface area is 169 Å². The standard InChI is InChI=1S/C19H26F3N3O3S/c1-13-14(4-5-15(23-13)19(20,21)22)29(26,27)25-10-18(11-25)8-24(9-18)16-6-7-28-12-17(16,2)3/h4-5,16H,6-12H2,1-3H3. The maximum absolute atomic E-state index is 12.9. The van der Waals surface area contributed by atoms with E-state index in [4.69, 9.17) is 4.74 Å². The number of hydrogen-bond acceptors (Lipinski definition) is 5. The van der Waals surface area contributed by atoms with Crippen LogP contribution < -0.4 is 0 Å². The van der Waals surface area contributed by atoms with Crippen LogP contribution in [-0.4, -0.2) is 68.0 Å². The Bertz CT molecular complexity index is 903. The van der Waals surface area contributed by atoms with E-state index in [0.717, 1.165) is 44.9 Å². The molecule has 0 radical (unpaired) electrons. The van der Waals surface area contributed by atoms with E-state index in [2.05, 4.69) is 23.7 Å². The summed E-state index contributed by atoms with van der Waals surface area (Å²) in [7, 11) is -3.84. The number of aromatic nitrogens is 1. The molecule has 6 nitrogen and oxygen atoms in total. The van der Waals surface area contributed by atoms with Crippen molar-refractivity contribution in [1.29, 1.82) is 0 Å². The maximum Gasteiger partial charge on any atom is 0.433 e. The first-order valence-corrected chi connectivity index (χ1v) is 11.2. The second-order valence-electron chi connectivity index (χ2n) is 9.30. The van der Waals surface area contributed by atoms with Gasteiger partial charge in [-0.25, -0.2) is 13.4 Å². The Hall–Kier alpha value is -1.23. The third-order valence-corrected chi connectivity index (χ3v) is 8.32. The van der Waals surface area contributed by atoms with E-state index in [9.17, 15) is 21.6 Å². The van der Waals surface area contributed by atoms with Crippen LogP contribution >= 0.6 is 0 Å². The van der Waals surface area contributed by atoms with Crippen LogP contribution in [-0.2, 0) is 20.9 Å². The average molecular weight is 433 g/mol. The lowest BCUT2D eigenvalue weighted by Crippen LogP contribution is -2.75. The van der Waals surface area contributed by atoms with Crippen molar-refractivity contribution < 1.29 is 26.3 Å². The van der Waals surface area contributed by atoms with E-state index in [1.54, 1.807) is 0 Å². The highest BCUT2D eigenvalue weighted by atomic mass is 32.2. The Morgan fingerprint density at radius 3 is 2.38 bits per heavy atom. The van der Waals surface area contributed by atoms with Crippen LogP contribution in [0.5, 0.6) is 0 Å². The summed E-state index contributed by atoms with van der Waals surface area (Å²) in [5.74, 6) is 0. The fraction of sp³-hybridized carbons (Fsp3) is 0.737. The number of hydrogen-bond donors (Lipinski definition) is 0. The third kappa shape index (κ3) is 3.58.